The Kier molecular flexibility index (Phi) is 6.21. The lowest BCUT2D eigenvalue weighted by Crippen LogP contribution is -2.40. The molecule has 4 heteroatoms. The van der Waals surface area contributed by atoms with Crippen molar-refractivity contribution in [1.82, 2.24) is 4.90 Å². The molecule has 0 aliphatic heterocycles. The molecular weight excluding hydrogens is 264 g/mol. The van der Waals surface area contributed by atoms with Crippen molar-refractivity contribution in [2.45, 2.75) is 46.7 Å². The first-order valence-corrected chi connectivity index (χ1v) is 7.45. The summed E-state index contributed by atoms with van der Waals surface area (Å²) >= 11 is 0. The molecule has 1 aromatic carbocycles. The van der Waals surface area contributed by atoms with Gasteiger partial charge in [-0.05, 0) is 30.0 Å². The van der Waals surface area contributed by atoms with Crippen molar-refractivity contribution < 1.29 is 9.53 Å². The van der Waals surface area contributed by atoms with Crippen LogP contribution in [0.5, 0.6) is 5.75 Å². The SMILES string of the molecule is CCOc1ccc(CN(C)C(=O)CC(N)C(C)(C)C)cc1. The normalized spacial score (nSPS) is 12.9. The summed E-state index contributed by atoms with van der Waals surface area (Å²) in [5, 5.41) is 0. The number of carbonyl (C=O) groups is 1. The third kappa shape index (κ3) is 5.76. The van der Waals surface area contributed by atoms with Crippen LogP contribution in [-0.4, -0.2) is 30.5 Å². The van der Waals surface area contributed by atoms with E-state index >= 15 is 0 Å². The Morgan fingerprint density at radius 1 is 1.29 bits per heavy atom. The molecule has 1 amide bonds. The maximum Gasteiger partial charge on any atom is 0.224 e. The molecule has 0 saturated heterocycles. The maximum atomic E-state index is 12.2. The van der Waals surface area contributed by atoms with Crippen LogP contribution in [0.15, 0.2) is 24.3 Å². The lowest BCUT2D eigenvalue weighted by Gasteiger charge is -2.28. The number of hydrogen-bond acceptors (Lipinski definition) is 3. The van der Waals surface area contributed by atoms with E-state index in [2.05, 4.69) is 20.8 Å². The lowest BCUT2D eigenvalue weighted by molar-refractivity contribution is -0.131. The summed E-state index contributed by atoms with van der Waals surface area (Å²) in [6.07, 6.45) is 0.372. The number of nitrogens with two attached hydrogens (primary N) is 1. The van der Waals surface area contributed by atoms with Gasteiger partial charge in [-0.1, -0.05) is 32.9 Å². The third-order valence-corrected chi connectivity index (χ3v) is 3.59. The van der Waals surface area contributed by atoms with Crippen molar-refractivity contribution in [3.8, 4) is 5.75 Å². The lowest BCUT2D eigenvalue weighted by atomic mass is 9.85. The van der Waals surface area contributed by atoms with Crippen LogP contribution < -0.4 is 10.5 Å². The molecule has 0 bridgehead atoms. The van der Waals surface area contributed by atoms with Crippen LogP contribution in [0.4, 0.5) is 0 Å². The zero-order valence-electron chi connectivity index (χ0n) is 13.8. The molecule has 0 fully saturated rings. The van der Waals surface area contributed by atoms with Crippen LogP contribution >= 0.6 is 0 Å². The molecule has 1 rings (SSSR count). The Hall–Kier alpha value is -1.55. The van der Waals surface area contributed by atoms with E-state index in [1.54, 1.807) is 4.90 Å². The molecule has 1 atom stereocenters. The maximum absolute atomic E-state index is 12.2. The van der Waals surface area contributed by atoms with Gasteiger partial charge in [0.2, 0.25) is 5.91 Å². The van der Waals surface area contributed by atoms with Crippen LogP contribution in [0, 0.1) is 5.41 Å². The van der Waals surface area contributed by atoms with E-state index in [-0.39, 0.29) is 17.4 Å². The summed E-state index contributed by atoms with van der Waals surface area (Å²) in [5.41, 5.74) is 7.09. The minimum absolute atomic E-state index is 0.0599. The average Bonchev–Trinajstić information content (AvgIpc) is 2.40. The molecule has 1 aromatic rings. The number of amides is 1. The summed E-state index contributed by atoms with van der Waals surface area (Å²) < 4.78 is 5.41. The Morgan fingerprint density at radius 2 is 1.86 bits per heavy atom. The van der Waals surface area contributed by atoms with E-state index in [4.69, 9.17) is 10.5 Å². The Balaban J connectivity index is 2.55. The summed E-state index contributed by atoms with van der Waals surface area (Å²) in [6, 6.07) is 7.69. The predicted octanol–water partition coefficient (Wildman–Crippen LogP) is 2.81. The van der Waals surface area contributed by atoms with Gasteiger partial charge in [-0.15, -0.1) is 0 Å². The molecule has 118 valence electrons. The number of carbonyl (C=O) groups excluding carboxylic acids is 1. The molecule has 21 heavy (non-hydrogen) atoms. The van der Waals surface area contributed by atoms with Crippen molar-refractivity contribution in [3.63, 3.8) is 0 Å². The van der Waals surface area contributed by atoms with Gasteiger partial charge < -0.3 is 15.4 Å². The van der Waals surface area contributed by atoms with E-state index in [1.165, 1.54) is 0 Å². The van der Waals surface area contributed by atoms with E-state index in [0.717, 1.165) is 11.3 Å². The van der Waals surface area contributed by atoms with E-state index < -0.39 is 0 Å². The van der Waals surface area contributed by atoms with Crippen molar-refractivity contribution in [2.24, 2.45) is 11.1 Å². The van der Waals surface area contributed by atoms with Crippen LogP contribution in [0.1, 0.15) is 39.7 Å². The molecule has 0 aliphatic carbocycles. The molecule has 2 N–H and O–H groups in total. The predicted molar refractivity (Wildman–Crippen MR) is 86.1 cm³/mol. The first kappa shape index (κ1) is 17.5. The molecule has 4 nitrogen and oxygen atoms in total. The fraction of sp³-hybridized carbons (Fsp3) is 0.588. The van der Waals surface area contributed by atoms with Crippen molar-refractivity contribution >= 4 is 5.91 Å². The minimum atomic E-state index is -0.132. The second-order valence-electron chi connectivity index (χ2n) is 6.50. The molecule has 0 radical (unpaired) electrons. The topological polar surface area (TPSA) is 55.6 Å². The highest BCUT2D eigenvalue weighted by atomic mass is 16.5. The number of hydrogen-bond donors (Lipinski definition) is 1. The monoisotopic (exact) mass is 292 g/mol. The third-order valence-electron chi connectivity index (χ3n) is 3.59. The second-order valence-corrected chi connectivity index (χ2v) is 6.50. The molecule has 0 aromatic heterocycles. The van der Waals surface area contributed by atoms with E-state index in [9.17, 15) is 4.79 Å². The highest BCUT2D eigenvalue weighted by Gasteiger charge is 2.24. The van der Waals surface area contributed by atoms with Crippen LogP contribution in [-0.2, 0) is 11.3 Å². The molecule has 1 unspecified atom stereocenters. The van der Waals surface area contributed by atoms with Gasteiger partial charge in [0.25, 0.3) is 0 Å². The van der Waals surface area contributed by atoms with Gasteiger partial charge in [0.15, 0.2) is 0 Å². The van der Waals surface area contributed by atoms with Gasteiger partial charge in [-0.3, -0.25) is 4.79 Å². The quantitative estimate of drug-likeness (QED) is 0.877. The first-order valence-electron chi connectivity index (χ1n) is 7.45. The van der Waals surface area contributed by atoms with Gasteiger partial charge in [-0.2, -0.15) is 0 Å². The molecule has 0 spiro atoms. The number of rotatable bonds is 6. The minimum Gasteiger partial charge on any atom is -0.494 e. The molecule has 0 aliphatic rings. The molecule has 0 saturated carbocycles. The fourth-order valence-corrected chi connectivity index (χ4v) is 1.87. The second kappa shape index (κ2) is 7.46. The zero-order chi connectivity index (χ0) is 16.0. The van der Waals surface area contributed by atoms with Gasteiger partial charge in [-0.25, -0.2) is 0 Å². The van der Waals surface area contributed by atoms with Gasteiger partial charge in [0.05, 0.1) is 6.61 Å². The average molecular weight is 292 g/mol. The smallest absolute Gasteiger partial charge is 0.224 e. The highest BCUT2D eigenvalue weighted by molar-refractivity contribution is 5.76. The largest absolute Gasteiger partial charge is 0.494 e. The van der Waals surface area contributed by atoms with Gasteiger partial charge in [0.1, 0.15) is 5.75 Å². The van der Waals surface area contributed by atoms with Gasteiger partial charge >= 0.3 is 0 Å². The van der Waals surface area contributed by atoms with E-state index in [1.807, 2.05) is 38.2 Å². The first-order chi connectivity index (χ1) is 9.74. The fourth-order valence-electron chi connectivity index (χ4n) is 1.87. The summed E-state index contributed by atoms with van der Waals surface area (Å²) in [5.74, 6) is 0.927. The summed E-state index contributed by atoms with van der Waals surface area (Å²) in [6.45, 7) is 9.36. The van der Waals surface area contributed by atoms with E-state index in [0.29, 0.717) is 19.6 Å². The molecular formula is C17H28N2O2. The Labute approximate surface area is 128 Å². The van der Waals surface area contributed by atoms with Crippen molar-refractivity contribution in [2.75, 3.05) is 13.7 Å². The van der Waals surface area contributed by atoms with Crippen LogP contribution in [0.3, 0.4) is 0 Å². The number of nitrogens with zero attached hydrogens (tertiary/aromatic N) is 1. The zero-order valence-corrected chi connectivity index (χ0v) is 13.8. The Morgan fingerprint density at radius 3 is 2.33 bits per heavy atom. The van der Waals surface area contributed by atoms with Crippen molar-refractivity contribution in [1.29, 1.82) is 0 Å². The standard InChI is InChI=1S/C17H28N2O2/c1-6-21-14-9-7-13(8-10-14)12-19(5)16(20)11-15(18)17(2,3)4/h7-10,15H,6,11-12,18H2,1-5H3. The molecule has 0 heterocycles. The number of ether oxygens (including phenoxy) is 1. The van der Waals surface area contributed by atoms with Crippen LogP contribution in [0.25, 0.3) is 0 Å². The van der Waals surface area contributed by atoms with Crippen LogP contribution in [0.2, 0.25) is 0 Å². The summed E-state index contributed by atoms with van der Waals surface area (Å²) in [4.78, 5) is 13.9. The number of benzene rings is 1. The Bertz CT molecular complexity index is 449. The highest BCUT2D eigenvalue weighted by Crippen LogP contribution is 2.20. The van der Waals surface area contributed by atoms with Gasteiger partial charge in [0, 0.05) is 26.1 Å². The van der Waals surface area contributed by atoms with Crippen molar-refractivity contribution in [3.05, 3.63) is 29.8 Å². The summed E-state index contributed by atoms with van der Waals surface area (Å²) in [7, 11) is 1.81.